The maximum Gasteiger partial charge on any atom is 0.420 e. The zero-order chi connectivity index (χ0) is 21.6. The zero-order valence-corrected chi connectivity index (χ0v) is 17.5. The van der Waals surface area contributed by atoms with Gasteiger partial charge in [0, 0.05) is 6.61 Å². The van der Waals surface area contributed by atoms with Gasteiger partial charge < -0.3 is 24.4 Å². The number of rotatable bonds is 4. The lowest BCUT2D eigenvalue weighted by Gasteiger charge is -2.30. The summed E-state index contributed by atoms with van der Waals surface area (Å²) >= 11 is 0. The number of amides is 2. The first-order valence-electron chi connectivity index (χ1n) is 9.58. The summed E-state index contributed by atoms with van der Waals surface area (Å²) in [4.78, 5) is 37.1. The molecule has 0 aromatic heterocycles. The molecule has 0 saturated carbocycles. The van der Waals surface area contributed by atoms with Gasteiger partial charge in [-0.25, -0.2) is 14.4 Å². The average Bonchev–Trinajstić information content (AvgIpc) is 2.54. The molecule has 9 heteroatoms. The molecule has 28 heavy (non-hydrogen) atoms. The number of carboxylic acid groups (broad SMARTS) is 1. The molecule has 2 N–H and O–H groups in total. The van der Waals surface area contributed by atoms with Gasteiger partial charge in [-0.05, 0) is 52.9 Å². The van der Waals surface area contributed by atoms with Gasteiger partial charge in [0.05, 0.1) is 6.10 Å². The van der Waals surface area contributed by atoms with Crippen LogP contribution in [0, 0.1) is 5.92 Å². The van der Waals surface area contributed by atoms with Crippen LogP contribution < -0.4 is 0 Å². The fourth-order valence-corrected chi connectivity index (χ4v) is 2.88. The minimum Gasteiger partial charge on any atom is -0.464 e. The minimum atomic E-state index is -1.60. The topological polar surface area (TPSA) is 123 Å². The number of esters is 1. The molecular formula is C19H33NO8. The molecule has 1 heterocycles. The maximum absolute atomic E-state index is 12.7. The Morgan fingerprint density at radius 2 is 1.89 bits per heavy atom. The van der Waals surface area contributed by atoms with Gasteiger partial charge in [0.15, 0.2) is 0 Å². The highest BCUT2D eigenvalue weighted by Gasteiger charge is 2.41. The van der Waals surface area contributed by atoms with Gasteiger partial charge in [-0.3, -0.25) is 0 Å². The van der Waals surface area contributed by atoms with Gasteiger partial charge in [0.25, 0.3) is 0 Å². The molecule has 1 aliphatic rings. The van der Waals surface area contributed by atoms with Crippen molar-refractivity contribution in [3.63, 3.8) is 0 Å². The van der Waals surface area contributed by atoms with Crippen molar-refractivity contribution in [3.05, 3.63) is 0 Å². The van der Waals surface area contributed by atoms with Crippen molar-refractivity contribution in [3.8, 4) is 0 Å². The average molecular weight is 403 g/mol. The summed E-state index contributed by atoms with van der Waals surface area (Å²) in [6, 6.07) is -1.36. The summed E-state index contributed by atoms with van der Waals surface area (Å²) in [7, 11) is 0. The molecule has 1 aliphatic heterocycles. The Balaban J connectivity index is 3.03. The van der Waals surface area contributed by atoms with E-state index < -0.39 is 48.1 Å². The second-order valence-electron chi connectivity index (χ2n) is 8.48. The molecule has 0 unspecified atom stereocenters. The Hall–Kier alpha value is -1.87. The summed E-state index contributed by atoms with van der Waals surface area (Å²) in [6.45, 7) is 10.7. The van der Waals surface area contributed by atoms with E-state index in [0.29, 0.717) is 17.9 Å². The first-order valence-corrected chi connectivity index (χ1v) is 9.58. The highest BCUT2D eigenvalue weighted by molar-refractivity contribution is 5.93. The number of carbonyl (C=O) groups is 3. The Morgan fingerprint density at radius 3 is 2.39 bits per heavy atom. The van der Waals surface area contributed by atoms with Crippen molar-refractivity contribution in [1.82, 2.24) is 4.90 Å². The third kappa shape index (κ3) is 7.27. The molecule has 0 aliphatic carbocycles. The summed E-state index contributed by atoms with van der Waals surface area (Å²) < 4.78 is 16.2. The van der Waals surface area contributed by atoms with Gasteiger partial charge in [-0.15, -0.1) is 0 Å². The summed E-state index contributed by atoms with van der Waals surface area (Å²) in [6.07, 6.45) is -4.55. The van der Waals surface area contributed by atoms with Gasteiger partial charge in [-0.1, -0.05) is 13.8 Å². The van der Waals surface area contributed by atoms with Crippen LogP contribution in [0.3, 0.4) is 0 Å². The Kier molecular flexibility index (Phi) is 8.69. The van der Waals surface area contributed by atoms with Crippen LogP contribution in [0.1, 0.15) is 60.8 Å². The molecule has 1 rings (SSSR count). The van der Waals surface area contributed by atoms with Crippen LogP contribution in [0.25, 0.3) is 0 Å². The third-order valence-electron chi connectivity index (χ3n) is 4.12. The smallest absolute Gasteiger partial charge is 0.420 e. The quantitative estimate of drug-likeness (QED) is 0.687. The molecule has 0 radical (unpaired) electrons. The van der Waals surface area contributed by atoms with Crippen LogP contribution in [0.2, 0.25) is 0 Å². The van der Waals surface area contributed by atoms with Crippen molar-refractivity contribution in [2.75, 3.05) is 6.61 Å². The molecule has 2 amide bonds. The number of ether oxygens (including phenoxy) is 3. The molecule has 0 aromatic carbocycles. The first-order chi connectivity index (χ1) is 12.8. The second kappa shape index (κ2) is 10.1. The molecule has 0 aromatic rings. The van der Waals surface area contributed by atoms with Gasteiger partial charge in [-0.2, -0.15) is 4.90 Å². The Bertz CT molecular complexity index is 557. The Morgan fingerprint density at radius 1 is 1.29 bits per heavy atom. The van der Waals surface area contributed by atoms with E-state index in [-0.39, 0.29) is 18.8 Å². The van der Waals surface area contributed by atoms with Crippen LogP contribution in [0.15, 0.2) is 0 Å². The molecule has 1 saturated heterocycles. The van der Waals surface area contributed by atoms with E-state index in [1.165, 1.54) is 0 Å². The van der Waals surface area contributed by atoms with E-state index >= 15 is 0 Å². The van der Waals surface area contributed by atoms with Gasteiger partial charge in [0.2, 0.25) is 0 Å². The molecule has 9 nitrogen and oxygen atoms in total. The Labute approximate surface area is 165 Å². The van der Waals surface area contributed by atoms with E-state index in [4.69, 9.17) is 14.2 Å². The predicted octanol–water partition coefficient (Wildman–Crippen LogP) is 2.79. The minimum absolute atomic E-state index is 0.0189. The number of cyclic esters (lactones) is 1. The van der Waals surface area contributed by atoms with E-state index in [1.807, 2.05) is 13.8 Å². The number of hydrogen-bond donors (Lipinski definition) is 2. The number of hydrogen-bond acceptors (Lipinski definition) is 7. The zero-order valence-electron chi connectivity index (χ0n) is 17.5. The third-order valence-corrected chi connectivity index (χ3v) is 4.12. The number of aliphatic hydroxyl groups excluding tert-OH is 1. The summed E-state index contributed by atoms with van der Waals surface area (Å²) in [5.74, 6) is -0.641. The lowest BCUT2D eigenvalue weighted by atomic mass is 10.0. The fourth-order valence-electron chi connectivity index (χ4n) is 2.88. The summed E-state index contributed by atoms with van der Waals surface area (Å²) in [5, 5.41) is 19.9. The van der Waals surface area contributed by atoms with Crippen molar-refractivity contribution >= 4 is 18.2 Å². The van der Waals surface area contributed by atoms with Crippen LogP contribution in [-0.4, -0.2) is 69.8 Å². The van der Waals surface area contributed by atoms with Gasteiger partial charge in [0.1, 0.15) is 23.9 Å². The predicted molar refractivity (Wildman–Crippen MR) is 99.9 cm³/mol. The van der Waals surface area contributed by atoms with Crippen molar-refractivity contribution < 1.29 is 38.8 Å². The van der Waals surface area contributed by atoms with Crippen LogP contribution in [-0.2, 0) is 19.0 Å². The number of aliphatic hydroxyl groups is 1. The van der Waals surface area contributed by atoms with E-state index in [2.05, 4.69) is 0 Å². The van der Waals surface area contributed by atoms with Crippen molar-refractivity contribution in [1.29, 1.82) is 0 Å². The van der Waals surface area contributed by atoms with Crippen molar-refractivity contribution in [2.45, 2.75) is 90.8 Å². The van der Waals surface area contributed by atoms with E-state index in [1.54, 1.807) is 27.7 Å². The van der Waals surface area contributed by atoms with Crippen LogP contribution in [0.4, 0.5) is 9.59 Å². The van der Waals surface area contributed by atoms with Gasteiger partial charge >= 0.3 is 18.2 Å². The molecule has 1 fully saturated rings. The lowest BCUT2D eigenvalue weighted by Crippen LogP contribution is -2.51. The lowest BCUT2D eigenvalue weighted by molar-refractivity contribution is -0.167. The first kappa shape index (κ1) is 24.2. The SMILES string of the molecule is CC(C)CO[C@H]1[C@H](C)OC(=O)[C@@H](N(C(=O)O)C(=O)OC(C)(C)C)CCC[C@@H]1O. The number of nitrogens with zero attached hydrogens (tertiary/aromatic N) is 1. The maximum atomic E-state index is 12.7. The molecule has 0 spiro atoms. The van der Waals surface area contributed by atoms with E-state index in [9.17, 15) is 24.6 Å². The summed E-state index contributed by atoms with van der Waals surface area (Å²) in [5.41, 5.74) is -0.924. The van der Waals surface area contributed by atoms with Crippen molar-refractivity contribution in [2.24, 2.45) is 5.92 Å². The standard InChI is InChI=1S/C19H33NO8/c1-11(2)10-26-15-12(3)27-16(22)13(8-7-9-14(15)21)20(17(23)24)18(25)28-19(4,5)6/h11-15,21H,7-10H2,1-6H3,(H,23,24)/t12-,13-,14-,15-/m0/s1. The molecule has 162 valence electrons. The highest BCUT2D eigenvalue weighted by atomic mass is 16.6. The second-order valence-corrected chi connectivity index (χ2v) is 8.48. The monoisotopic (exact) mass is 403 g/mol. The molecule has 4 atom stereocenters. The van der Waals surface area contributed by atoms with Crippen LogP contribution >= 0.6 is 0 Å². The largest absolute Gasteiger partial charge is 0.464 e. The number of carbonyl (C=O) groups excluding carboxylic acids is 2. The van der Waals surface area contributed by atoms with E-state index in [0.717, 1.165) is 0 Å². The molecular weight excluding hydrogens is 370 g/mol. The van der Waals surface area contributed by atoms with Crippen LogP contribution in [0.5, 0.6) is 0 Å². The number of imide groups is 1. The normalized spacial score (nSPS) is 26.6. The highest BCUT2D eigenvalue weighted by Crippen LogP contribution is 2.23. The molecule has 0 bridgehead atoms. The fraction of sp³-hybridized carbons (Fsp3) is 0.842.